The second kappa shape index (κ2) is 6.49. The van der Waals surface area contributed by atoms with Crippen LogP contribution in [0.4, 0.5) is 11.8 Å². The van der Waals surface area contributed by atoms with Gasteiger partial charge >= 0.3 is 0 Å². The molecule has 0 saturated carbocycles. The first kappa shape index (κ1) is 15.2. The molecular formula is C13H17N5O2S. The number of aryl methyl sites for hydroxylation is 1. The van der Waals surface area contributed by atoms with Crippen LogP contribution < -0.4 is 10.0 Å². The van der Waals surface area contributed by atoms with E-state index in [4.69, 9.17) is 0 Å². The molecule has 21 heavy (non-hydrogen) atoms. The van der Waals surface area contributed by atoms with Gasteiger partial charge in [0.15, 0.2) is 0 Å². The number of hydrogen-bond donors (Lipinski definition) is 2. The van der Waals surface area contributed by atoms with Crippen LogP contribution >= 0.6 is 0 Å². The molecule has 0 radical (unpaired) electrons. The van der Waals surface area contributed by atoms with Crippen LogP contribution in [0.5, 0.6) is 0 Å². The summed E-state index contributed by atoms with van der Waals surface area (Å²) in [5, 5.41) is 2.98. The standard InChI is InChI=1S/C13H17N5O2S/c1-3-5-15-13-16-8-11(9-17-13)21(19,20)18-12-7-10(2)4-6-14-12/h4,6-9H,3,5H2,1-2H3,(H,14,18)(H,15,16,17). The van der Waals surface area contributed by atoms with E-state index in [0.717, 1.165) is 18.5 Å². The minimum Gasteiger partial charge on any atom is -0.354 e. The summed E-state index contributed by atoms with van der Waals surface area (Å²) in [4.78, 5) is 11.9. The number of hydrogen-bond acceptors (Lipinski definition) is 6. The fourth-order valence-electron chi connectivity index (χ4n) is 1.57. The van der Waals surface area contributed by atoms with Crippen LogP contribution in [0.2, 0.25) is 0 Å². The zero-order valence-corrected chi connectivity index (χ0v) is 12.7. The molecule has 2 N–H and O–H groups in total. The average Bonchev–Trinajstić information content (AvgIpc) is 2.45. The summed E-state index contributed by atoms with van der Waals surface area (Å²) < 4.78 is 26.8. The van der Waals surface area contributed by atoms with Crippen LogP contribution in [0, 0.1) is 6.92 Å². The summed E-state index contributed by atoms with van der Waals surface area (Å²) in [6.07, 6.45) is 5.01. The molecule has 2 rings (SSSR count). The topological polar surface area (TPSA) is 96.9 Å². The van der Waals surface area contributed by atoms with Gasteiger partial charge in [-0.1, -0.05) is 6.92 Å². The first-order chi connectivity index (χ1) is 10.0. The van der Waals surface area contributed by atoms with E-state index in [1.807, 2.05) is 13.8 Å². The third-order valence-corrected chi connectivity index (χ3v) is 3.94. The Morgan fingerprint density at radius 3 is 2.52 bits per heavy atom. The van der Waals surface area contributed by atoms with Crippen molar-refractivity contribution in [2.45, 2.75) is 25.2 Å². The largest absolute Gasteiger partial charge is 0.354 e. The molecule has 0 aliphatic rings. The third kappa shape index (κ3) is 4.12. The van der Waals surface area contributed by atoms with Crippen LogP contribution in [-0.2, 0) is 10.0 Å². The molecular weight excluding hydrogens is 290 g/mol. The van der Waals surface area contributed by atoms with Crippen LogP contribution in [0.3, 0.4) is 0 Å². The number of pyridine rings is 1. The maximum atomic E-state index is 12.2. The lowest BCUT2D eigenvalue weighted by atomic mass is 10.3. The second-order valence-corrected chi connectivity index (χ2v) is 6.18. The maximum Gasteiger partial charge on any atom is 0.266 e. The highest BCUT2D eigenvalue weighted by Gasteiger charge is 2.16. The van der Waals surface area contributed by atoms with Crippen molar-refractivity contribution in [2.24, 2.45) is 0 Å². The van der Waals surface area contributed by atoms with Crippen molar-refractivity contribution in [1.29, 1.82) is 0 Å². The summed E-state index contributed by atoms with van der Waals surface area (Å²) in [7, 11) is -3.73. The van der Waals surface area contributed by atoms with Crippen LogP contribution in [0.15, 0.2) is 35.6 Å². The lowest BCUT2D eigenvalue weighted by Gasteiger charge is -2.08. The van der Waals surface area contributed by atoms with E-state index < -0.39 is 10.0 Å². The Labute approximate surface area is 123 Å². The molecule has 0 amide bonds. The van der Waals surface area contributed by atoms with Crippen molar-refractivity contribution < 1.29 is 8.42 Å². The van der Waals surface area contributed by atoms with E-state index in [0.29, 0.717) is 5.95 Å². The first-order valence-electron chi connectivity index (χ1n) is 6.52. The summed E-state index contributed by atoms with van der Waals surface area (Å²) in [6, 6.07) is 3.44. The Bertz CT molecular complexity index is 701. The zero-order chi connectivity index (χ0) is 15.3. The zero-order valence-electron chi connectivity index (χ0n) is 11.9. The minimum absolute atomic E-state index is 0.00662. The molecule has 0 atom stereocenters. The van der Waals surface area contributed by atoms with Gasteiger partial charge in [-0.25, -0.2) is 23.4 Å². The lowest BCUT2D eigenvalue weighted by Crippen LogP contribution is -2.15. The van der Waals surface area contributed by atoms with Crippen molar-refractivity contribution in [3.8, 4) is 0 Å². The van der Waals surface area contributed by atoms with E-state index in [1.165, 1.54) is 12.4 Å². The highest BCUT2D eigenvalue weighted by Crippen LogP contribution is 2.14. The monoisotopic (exact) mass is 307 g/mol. The lowest BCUT2D eigenvalue weighted by molar-refractivity contribution is 0.600. The number of sulfonamides is 1. The summed E-state index contributed by atoms with van der Waals surface area (Å²) in [6.45, 7) is 4.61. The van der Waals surface area contributed by atoms with E-state index in [9.17, 15) is 8.42 Å². The molecule has 0 aliphatic heterocycles. The predicted molar refractivity (Wildman–Crippen MR) is 80.6 cm³/mol. The Morgan fingerprint density at radius 2 is 1.90 bits per heavy atom. The molecule has 0 fully saturated rings. The Morgan fingerprint density at radius 1 is 1.19 bits per heavy atom. The van der Waals surface area contributed by atoms with Gasteiger partial charge < -0.3 is 5.32 Å². The SMILES string of the molecule is CCCNc1ncc(S(=O)(=O)Nc2cc(C)ccn2)cn1. The van der Waals surface area contributed by atoms with Crippen molar-refractivity contribution in [3.63, 3.8) is 0 Å². The number of nitrogens with zero attached hydrogens (tertiary/aromatic N) is 3. The molecule has 0 spiro atoms. The quantitative estimate of drug-likeness (QED) is 0.844. The van der Waals surface area contributed by atoms with Crippen LogP contribution in [0.25, 0.3) is 0 Å². The fourth-order valence-corrected chi connectivity index (χ4v) is 2.46. The van der Waals surface area contributed by atoms with Crippen LogP contribution in [-0.4, -0.2) is 29.9 Å². The first-order valence-corrected chi connectivity index (χ1v) is 8.01. The molecule has 7 nitrogen and oxygen atoms in total. The number of aromatic nitrogens is 3. The Hall–Kier alpha value is -2.22. The average molecular weight is 307 g/mol. The molecule has 0 unspecified atom stereocenters. The minimum atomic E-state index is -3.73. The maximum absolute atomic E-state index is 12.2. The van der Waals surface area contributed by atoms with Crippen molar-refractivity contribution in [1.82, 2.24) is 15.0 Å². The summed E-state index contributed by atoms with van der Waals surface area (Å²) >= 11 is 0. The molecule has 0 bridgehead atoms. The van der Waals surface area contributed by atoms with Gasteiger partial charge in [0.1, 0.15) is 10.7 Å². The molecule has 2 aromatic heterocycles. The van der Waals surface area contributed by atoms with E-state index >= 15 is 0 Å². The third-order valence-electron chi connectivity index (χ3n) is 2.63. The van der Waals surface area contributed by atoms with Gasteiger partial charge in [-0.2, -0.15) is 0 Å². The van der Waals surface area contributed by atoms with Crippen molar-refractivity contribution in [3.05, 3.63) is 36.3 Å². The van der Waals surface area contributed by atoms with Gasteiger partial charge in [-0.05, 0) is 31.0 Å². The fraction of sp³-hybridized carbons (Fsp3) is 0.308. The second-order valence-electron chi connectivity index (χ2n) is 4.49. The highest BCUT2D eigenvalue weighted by atomic mass is 32.2. The number of nitrogens with one attached hydrogen (secondary N) is 2. The Kier molecular flexibility index (Phi) is 4.69. The van der Waals surface area contributed by atoms with Crippen molar-refractivity contribution >= 4 is 21.8 Å². The van der Waals surface area contributed by atoms with Gasteiger partial charge in [-0.15, -0.1) is 0 Å². The highest BCUT2D eigenvalue weighted by molar-refractivity contribution is 7.92. The molecule has 8 heteroatoms. The summed E-state index contributed by atoms with van der Waals surface area (Å²) in [5.41, 5.74) is 0.915. The smallest absolute Gasteiger partial charge is 0.266 e. The van der Waals surface area contributed by atoms with Gasteiger partial charge in [0, 0.05) is 12.7 Å². The predicted octanol–water partition coefficient (Wildman–Crippen LogP) is 1.80. The van der Waals surface area contributed by atoms with Gasteiger partial charge in [0.25, 0.3) is 10.0 Å². The molecule has 0 saturated heterocycles. The van der Waals surface area contributed by atoms with Crippen LogP contribution in [0.1, 0.15) is 18.9 Å². The molecule has 112 valence electrons. The Balaban J connectivity index is 2.15. The van der Waals surface area contributed by atoms with Gasteiger partial charge in [-0.3, -0.25) is 4.72 Å². The van der Waals surface area contributed by atoms with Gasteiger partial charge in [0.05, 0.1) is 12.4 Å². The molecule has 2 aromatic rings. The number of rotatable bonds is 6. The van der Waals surface area contributed by atoms with E-state index in [-0.39, 0.29) is 10.7 Å². The molecule has 2 heterocycles. The van der Waals surface area contributed by atoms with E-state index in [2.05, 4.69) is 25.0 Å². The number of anilines is 2. The van der Waals surface area contributed by atoms with Gasteiger partial charge in [0.2, 0.25) is 5.95 Å². The van der Waals surface area contributed by atoms with Crippen molar-refractivity contribution in [2.75, 3.05) is 16.6 Å². The molecule has 0 aliphatic carbocycles. The van der Waals surface area contributed by atoms with E-state index in [1.54, 1.807) is 18.3 Å². The summed E-state index contributed by atoms with van der Waals surface area (Å²) in [5.74, 6) is 0.674. The molecule has 0 aromatic carbocycles. The normalized spacial score (nSPS) is 11.1.